The molecule has 0 amide bonds. The van der Waals surface area contributed by atoms with Gasteiger partial charge in [-0.2, -0.15) is 0 Å². The molecule has 0 bridgehead atoms. The van der Waals surface area contributed by atoms with Gasteiger partial charge in [0.25, 0.3) is 0 Å². The first-order chi connectivity index (χ1) is 7.57. The summed E-state index contributed by atoms with van der Waals surface area (Å²) in [4.78, 5) is 2.50. The predicted molar refractivity (Wildman–Crippen MR) is 68.8 cm³/mol. The second-order valence-corrected chi connectivity index (χ2v) is 5.38. The van der Waals surface area contributed by atoms with E-state index in [9.17, 15) is 0 Å². The summed E-state index contributed by atoms with van der Waals surface area (Å²) in [6.45, 7) is 14.2. The lowest BCUT2D eigenvalue weighted by atomic mass is 10.0. The van der Waals surface area contributed by atoms with Gasteiger partial charge < -0.3 is 10.1 Å². The van der Waals surface area contributed by atoms with Gasteiger partial charge in [-0.15, -0.1) is 0 Å². The largest absolute Gasteiger partial charge is 0.377 e. The molecule has 0 aromatic rings. The molecule has 1 N–H and O–H groups in total. The molecule has 16 heavy (non-hydrogen) atoms. The lowest BCUT2D eigenvalue weighted by Crippen LogP contribution is -2.50. The zero-order chi connectivity index (χ0) is 12.0. The molecule has 0 aliphatic carbocycles. The van der Waals surface area contributed by atoms with Gasteiger partial charge in [0.05, 0.1) is 6.10 Å². The van der Waals surface area contributed by atoms with Crippen LogP contribution < -0.4 is 5.32 Å². The Hall–Kier alpha value is -0.120. The quantitative estimate of drug-likeness (QED) is 0.720. The molecular weight excluding hydrogens is 200 g/mol. The fourth-order valence-electron chi connectivity index (χ4n) is 2.48. The van der Waals surface area contributed by atoms with Crippen LogP contribution in [0.5, 0.6) is 0 Å². The van der Waals surface area contributed by atoms with E-state index in [1.807, 2.05) is 0 Å². The van der Waals surface area contributed by atoms with Crippen LogP contribution in [0.2, 0.25) is 0 Å². The van der Waals surface area contributed by atoms with Gasteiger partial charge in [0.2, 0.25) is 0 Å². The Bertz CT molecular complexity index is 188. The predicted octanol–water partition coefficient (Wildman–Crippen LogP) is 1.88. The van der Waals surface area contributed by atoms with E-state index in [1.165, 1.54) is 12.8 Å². The highest BCUT2D eigenvalue weighted by Gasteiger charge is 2.23. The molecule has 0 radical (unpaired) electrons. The summed E-state index contributed by atoms with van der Waals surface area (Å²) in [5.41, 5.74) is 0.198. The summed E-state index contributed by atoms with van der Waals surface area (Å²) in [5, 5.41) is 3.53. The van der Waals surface area contributed by atoms with Crippen LogP contribution in [0.4, 0.5) is 0 Å². The number of ether oxygens (including phenoxy) is 1. The van der Waals surface area contributed by atoms with E-state index >= 15 is 0 Å². The van der Waals surface area contributed by atoms with Gasteiger partial charge in [-0.1, -0.05) is 13.8 Å². The van der Waals surface area contributed by atoms with Gasteiger partial charge in [0.15, 0.2) is 0 Å². The molecule has 1 atom stereocenters. The van der Waals surface area contributed by atoms with E-state index in [0.717, 1.165) is 32.8 Å². The lowest BCUT2D eigenvalue weighted by Gasteiger charge is -2.33. The Morgan fingerprint density at radius 2 is 2.12 bits per heavy atom. The minimum Gasteiger partial charge on any atom is -0.377 e. The van der Waals surface area contributed by atoms with E-state index in [0.29, 0.717) is 6.10 Å². The van der Waals surface area contributed by atoms with Crippen molar-refractivity contribution in [3.8, 4) is 0 Å². The van der Waals surface area contributed by atoms with E-state index in [-0.39, 0.29) is 5.54 Å². The van der Waals surface area contributed by atoms with E-state index in [4.69, 9.17) is 4.74 Å². The standard InChI is InChI=1S/C13H28N2O/c1-5-14-13(3,4)11-15(6-2)10-12-8-7-9-16-12/h12,14H,5-11H2,1-4H3. The lowest BCUT2D eigenvalue weighted by molar-refractivity contribution is 0.0664. The normalized spacial score (nSPS) is 21.9. The summed E-state index contributed by atoms with van der Waals surface area (Å²) < 4.78 is 5.70. The molecule has 1 saturated heterocycles. The van der Waals surface area contributed by atoms with E-state index in [1.54, 1.807) is 0 Å². The Morgan fingerprint density at radius 1 is 1.38 bits per heavy atom. The van der Waals surface area contributed by atoms with E-state index in [2.05, 4.69) is 37.9 Å². The maximum Gasteiger partial charge on any atom is 0.0702 e. The van der Waals surface area contributed by atoms with Crippen LogP contribution >= 0.6 is 0 Å². The zero-order valence-electron chi connectivity index (χ0n) is 11.4. The Kier molecular flexibility index (Phi) is 5.73. The molecule has 0 aromatic carbocycles. The first-order valence-electron chi connectivity index (χ1n) is 6.66. The molecule has 1 unspecified atom stereocenters. The first kappa shape index (κ1) is 13.9. The summed E-state index contributed by atoms with van der Waals surface area (Å²) >= 11 is 0. The number of hydrogen-bond acceptors (Lipinski definition) is 3. The van der Waals surface area contributed by atoms with Crippen molar-refractivity contribution < 1.29 is 4.74 Å². The van der Waals surface area contributed by atoms with Crippen LogP contribution in [-0.2, 0) is 4.74 Å². The van der Waals surface area contributed by atoms with Crippen LogP contribution in [-0.4, -0.2) is 49.3 Å². The third-order valence-electron chi connectivity index (χ3n) is 3.21. The number of hydrogen-bond donors (Lipinski definition) is 1. The monoisotopic (exact) mass is 228 g/mol. The third kappa shape index (κ3) is 4.81. The summed E-state index contributed by atoms with van der Waals surface area (Å²) in [7, 11) is 0. The SMILES string of the molecule is CCNC(C)(C)CN(CC)CC1CCCO1. The molecule has 3 nitrogen and oxygen atoms in total. The number of likely N-dealkylation sites (N-methyl/N-ethyl adjacent to an activating group) is 2. The molecular formula is C13H28N2O. The van der Waals surface area contributed by atoms with Crippen molar-refractivity contribution in [3.63, 3.8) is 0 Å². The minimum atomic E-state index is 0.198. The fraction of sp³-hybridized carbons (Fsp3) is 1.00. The Labute approximate surface area is 101 Å². The van der Waals surface area contributed by atoms with Crippen LogP contribution in [0.3, 0.4) is 0 Å². The topological polar surface area (TPSA) is 24.5 Å². The average Bonchev–Trinajstić information content (AvgIpc) is 2.69. The summed E-state index contributed by atoms with van der Waals surface area (Å²) in [5.74, 6) is 0. The Balaban J connectivity index is 2.35. The van der Waals surface area contributed by atoms with Gasteiger partial charge >= 0.3 is 0 Å². The van der Waals surface area contributed by atoms with E-state index < -0.39 is 0 Å². The number of nitrogens with one attached hydrogen (secondary N) is 1. The first-order valence-corrected chi connectivity index (χ1v) is 6.66. The van der Waals surface area contributed by atoms with Gasteiger partial charge in [-0.25, -0.2) is 0 Å². The minimum absolute atomic E-state index is 0.198. The van der Waals surface area contributed by atoms with Crippen LogP contribution in [0.25, 0.3) is 0 Å². The molecule has 0 aromatic heterocycles. The number of nitrogens with zero attached hydrogens (tertiary/aromatic N) is 1. The van der Waals surface area contributed by atoms with Crippen molar-refractivity contribution in [3.05, 3.63) is 0 Å². The molecule has 1 heterocycles. The molecule has 1 fully saturated rings. The molecule has 3 heteroatoms. The van der Waals surface area contributed by atoms with Crippen molar-refractivity contribution in [2.75, 3.05) is 32.8 Å². The summed E-state index contributed by atoms with van der Waals surface area (Å²) in [6.07, 6.45) is 2.94. The molecule has 1 aliphatic rings. The third-order valence-corrected chi connectivity index (χ3v) is 3.21. The highest BCUT2D eigenvalue weighted by molar-refractivity contribution is 4.82. The fourth-order valence-corrected chi connectivity index (χ4v) is 2.48. The molecule has 0 spiro atoms. The molecule has 1 rings (SSSR count). The van der Waals surface area contributed by atoms with Crippen LogP contribution in [0.1, 0.15) is 40.5 Å². The second kappa shape index (κ2) is 6.58. The smallest absolute Gasteiger partial charge is 0.0702 e. The van der Waals surface area contributed by atoms with Crippen molar-refractivity contribution in [2.45, 2.75) is 52.2 Å². The van der Waals surface area contributed by atoms with Crippen molar-refractivity contribution in [1.29, 1.82) is 0 Å². The Morgan fingerprint density at radius 3 is 2.62 bits per heavy atom. The summed E-state index contributed by atoms with van der Waals surface area (Å²) in [6, 6.07) is 0. The van der Waals surface area contributed by atoms with Crippen molar-refractivity contribution in [2.24, 2.45) is 0 Å². The highest BCUT2D eigenvalue weighted by Crippen LogP contribution is 2.14. The van der Waals surface area contributed by atoms with Crippen molar-refractivity contribution in [1.82, 2.24) is 10.2 Å². The number of rotatable bonds is 7. The van der Waals surface area contributed by atoms with Gasteiger partial charge in [-0.3, -0.25) is 4.90 Å². The molecule has 1 aliphatic heterocycles. The molecule has 0 saturated carbocycles. The van der Waals surface area contributed by atoms with Gasteiger partial charge in [-0.05, 0) is 39.8 Å². The zero-order valence-corrected chi connectivity index (χ0v) is 11.4. The molecule has 96 valence electrons. The van der Waals surface area contributed by atoms with Crippen LogP contribution in [0, 0.1) is 0 Å². The van der Waals surface area contributed by atoms with Crippen molar-refractivity contribution >= 4 is 0 Å². The average molecular weight is 228 g/mol. The second-order valence-electron chi connectivity index (χ2n) is 5.38. The maximum atomic E-state index is 5.70. The maximum absolute atomic E-state index is 5.70. The van der Waals surface area contributed by atoms with Gasteiger partial charge in [0.1, 0.15) is 0 Å². The van der Waals surface area contributed by atoms with Gasteiger partial charge in [0, 0.05) is 25.2 Å². The van der Waals surface area contributed by atoms with Crippen LogP contribution in [0.15, 0.2) is 0 Å². The highest BCUT2D eigenvalue weighted by atomic mass is 16.5.